The molecule has 0 aliphatic rings. The quantitative estimate of drug-likeness (QED) is 0.909. The molecule has 1 N–H and O–H groups in total. The smallest absolute Gasteiger partial charge is 0.307 e. The van der Waals surface area contributed by atoms with Crippen molar-refractivity contribution in [2.24, 2.45) is 0 Å². The molecule has 0 aliphatic carbocycles. The average Bonchev–Trinajstić information content (AvgIpc) is 2.41. The molecular weight excluding hydrogens is 259 g/mol. The zero-order chi connectivity index (χ0) is 14.5. The largest absolute Gasteiger partial charge is 0.486 e. The van der Waals surface area contributed by atoms with E-state index in [1.165, 1.54) is 0 Å². The highest BCUT2D eigenvalue weighted by molar-refractivity contribution is 5.70. The number of benzene rings is 2. The van der Waals surface area contributed by atoms with Gasteiger partial charge in [-0.05, 0) is 29.7 Å². The molecule has 0 aromatic heterocycles. The van der Waals surface area contributed by atoms with E-state index in [4.69, 9.17) is 9.84 Å². The van der Waals surface area contributed by atoms with Crippen molar-refractivity contribution in [2.45, 2.75) is 20.0 Å². The molecule has 104 valence electrons. The predicted molar refractivity (Wildman–Crippen MR) is 73.3 cm³/mol. The van der Waals surface area contributed by atoms with Crippen molar-refractivity contribution in [1.82, 2.24) is 0 Å². The number of aryl methyl sites for hydroxylation is 1. The van der Waals surface area contributed by atoms with Crippen LogP contribution in [0.5, 0.6) is 5.75 Å². The number of hydrogen-bond acceptors (Lipinski definition) is 2. The summed E-state index contributed by atoms with van der Waals surface area (Å²) in [5.74, 6) is -1.11. The summed E-state index contributed by atoms with van der Waals surface area (Å²) < 4.78 is 19.3. The molecule has 0 aliphatic heterocycles. The number of halogens is 1. The minimum Gasteiger partial charge on any atom is -0.486 e. The summed E-state index contributed by atoms with van der Waals surface area (Å²) in [4.78, 5) is 10.8. The summed E-state index contributed by atoms with van der Waals surface area (Å²) in [6, 6.07) is 12.0. The molecule has 0 saturated carbocycles. The van der Waals surface area contributed by atoms with Gasteiger partial charge in [0.25, 0.3) is 0 Å². The van der Waals surface area contributed by atoms with Gasteiger partial charge < -0.3 is 9.84 Å². The molecule has 0 radical (unpaired) electrons. The normalized spacial score (nSPS) is 10.3. The molecule has 0 spiro atoms. The number of ether oxygens (including phenoxy) is 1. The lowest BCUT2D eigenvalue weighted by Crippen LogP contribution is -2.06. The van der Waals surface area contributed by atoms with Gasteiger partial charge in [-0.25, -0.2) is 4.39 Å². The molecule has 20 heavy (non-hydrogen) atoms. The first-order valence-electron chi connectivity index (χ1n) is 6.24. The van der Waals surface area contributed by atoms with Crippen LogP contribution in [0, 0.1) is 12.7 Å². The SMILES string of the molecule is Cc1cccc(OCc2ccccc2CC(=O)O)c1F. The first kappa shape index (κ1) is 14.1. The third kappa shape index (κ3) is 3.35. The molecular formula is C16H15FO3. The van der Waals surface area contributed by atoms with E-state index in [2.05, 4.69) is 0 Å². The maximum Gasteiger partial charge on any atom is 0.307 e. The monoisotopic (exact) mass is 274 g/mol. The second kappa shape index (κ2) is 6.19. The molecule has 3 nitrogen and oxygen atoms in total. The van der Waals surface area contributed by atoms with Gasteiger partial charge in [0.05, 0.1) is 6.42 Å². The second-order valence-corrected chi connectivity index (χ2v) is 4.51. The highest BCUT2D eigenvalue weighted by Crippen LogP contribution is 2.21. The van der Waals surface area contributed by atoms with E-state index in [0.717, 1.165) is 5.56 Å². The fraction of sp³-hybridized carbons (Fsp3) is 0.188. The summed E-state index contributed by atoms with van der Waals surface area (Å²) in [5.41, 5.74) is 1.94. The average molecular weight is 274 g/mol. The Labute approximate surface area is 116 Å². The van der Waals surface area contributed by atoms with Crippen molar-refractivity contribution in [3.63, 3.8) is 0 Å². The molecule has 0 amide bonds. The van der Waals surface area contributed by atoms with Gasteiger partial charge in [-0.1, -0.05) is 36.4 Å². The van der Waals surface area contributed by atoms with Crippen LogP contribution in [-0.2, 0) is 17.8 Å². The van der Waals surface area contributed by atoms with Gasteiger partial charge in [0, 0.05) is 0 Å². The van der Waals surface area contributed by atoms with Gasteiger partial charge >= 0.3 is 5.97 Å². The zero-order valence-corrected chi connectivity index (χ0v) is 11.1. The molecule has 0 bridgehead atoms. The van der Waals surface area contributed by atoms with E-state index in [1.54, 1.807) is 49.4 Å². The number of rotatable bonds is 5. The van der Waals surface area contributed by atoms with E-state index >= 15 is 0 Å². The third-order valence-electron chi connectivity index (χ3n) is 3.00. The van der Waals surface area contributed by atoms with Crippen LogP contribution in [0.1, 0.15) is 16.7 Å². The molecule has 0 heterocycles. The van der Waals surface area contributed by atoms with Gasteiger partial charge in [0.2, 0.25) is 0 Å². The Kier molecular flexibility index (Phi) is 4.35. The molecule has 4 heteroatoms. The Bertz CT molecular complexity index is 623. The lowest BCUT2D eigenvalue weighted by atomic mass is 10.1. The molecule has 2 rings (SSSR count). The van der Waals surface area contributed by atoms with E-state index in [9.17, 15) is 9.18 Å². The van der Waals surface area contributed by atoms with Crippen LogP contribution in [-0.4, -0.2) is 11.1 Å². The lowest BCUT2D eigenvalue weighted by Gasteiger charge is -2.11. The number of hydrogen-bond donors (Lipinski definition) is 1. The van der Waals surface area contributed by atoms with Crippen LogP contribution < -0.4 is 4.74 Å². The Morgan fingerprint density at radius 2 is 1.85 bits per heavy atom. The second-order valence-electron chi connectivity index (χ2n) is 4.51. The maximum absolute atomic E-state index is 13.8. The first-order valence-corrected chi connectivity index (χ1v) is 6.24. The molecule has 0 saturated heterocycles. The van der Waals surface area contributed by atoms with Gasteiger partial charge in [-0.3, -0.25) is 4.79 Å². The Morgan fingerprint density at radius 1 is 1.15 bits per heavy atom. The number of aliphatic carboxylic acids is 1. The Morgan fingerprint density at radius 3 is 2.55 bits per heavy atom. The maximum atomic E-state index is 13.8. The third-order valence-corrected chi connectivity index (χ3v) is 3.00. The van der Waals surface area contributed by atoms with Crippen LogP contribution >= 0.6 is 0 Å². The van der Waals surface area contributed by atoms with Crippen molar-refractivity contribution in [2.75, 3.05) is 0 Å². The minimum absolute atomic E-state index is 0.0736. The summed E-state index contributed by atoms with van der Waals surface area (Å²) in [6.45, 7) is 1.81. The number of carboxylic acids is 1. The van der Waals surface area contributed by atoms with Crippen molar-refractivity contribution < 1.29 is 19.0 Å². The first-order chi connectivity index (χ1) is 9.58. The molecule has 2 aromatic rings. The van der Waals surface area contributed by atoms with Gasteiger partial charge in [0.15, 0.2) is 11.6 Å². The molecule has 0 atom stereocenters. The lowest BCUT2D eigenvalue weighted by molar-refractivity contribution is -0.136. The summed E-state index contributed by atoms with van der Waals surface area (Å²) in [6.07, 6.45) is -0.0736. The predicted octanol–water partition coefficient (Wildman–Crippen LogP) is 3.34. The highest BCUT2D eigenvalue weighted by atomic mass is 19.1. The van der Waals surface area contributed by atoms with E-state index in [1.807, 2.05) is 0 Å². The topological polar surface area (TPSA) is 46.5 Å². The number of carboxylic acid groups (broad SMARTS) is 1. The summed E-state index contributed by atoms with van der Waals surface area (Å²) >= 11 is 0. The summed E-state index contributed by atoms with van der Waals surface area (Å²) in [7, 11) is 0. The number of carbonyl (C=O) groups is 1. The van der Waals surface area contributed by atoms with E-state index < -0.39 is 5.97 Å². The van der Waals surface area contributed by atoms with Crippen LogP contribution in [0.2, 0.25) is 0 Å². The zero-order valence-electron chi connectivity index (χ0n) is 11.1. The van der Waals surface area contributed by atoms with E-state index in [-0.39, 0.29) is 24.6 Å². The fourth-order valence-electron chi connectivity index (χ4n) is 1.92. The molecule has 0 fully saturated rings. The van der Waals surface area contributed by atoms with Crippen molar-refractivity contribution >= 4 is 5.97 Å². The Balaban J connectivity index is 2.15. The molecule has 0 unspecified atom stereocenters. The van der Waals surface area contributed by atoms with Crippen molar-refractivity contribution in [3.05, 3.63) is 65.0 Å². The van der Waals surface area contributed by atoms with Gasteiger partial charge in [-0.2, -0.15) is 0 Å². The van der Waals surface area contributed by atoms with Gasteiger partial charge in [-0.15, -0.1) is 0 Å². The van der Waals surface area contributed by atoms with Crippen LogP contribution in [0.4, 0.5) is 4.39 Å². The molecule has 2 aromatic carbocycles. The van der Waals surface area contributed by atoms with Crippen molar-refractivity contribution in [3.8, 4) is 5.75 Å². The Hall–Kier alpha value is -2.36. The van der Waals surface area contributed by atoms with Crippen LogP contribution in [0.25, 0.3) is 0 Å². The van der Waals surface area contributed by atoms with Gasteiger partial charge in [0.1, 0.15) is 6.61 Å². The minimum atomic E-state index is -0.904. The fourth-order valence-corrected chi connectivity index (χ4v) is 1.92. The van der Waals surface area contributed by atoms with E-state index in [0.29, 0.717) is 11.1 Å². The van der Waals surface area contributed by atoms with Crippen molar-refractivity contribution in [1.29, 1.82) is 0 Å². The highest BCUT2D eigenvalue weighted by Gasteiger charge is 2.09. The standard InChI is InChI=1S/C16H15FO3/c1-11-5-4-8-14(16(11)17)20-10-13-7-3-2-6-12(13)9-15(18)19/h2-8H,9-10H2,1H3,(H,18,19). The van der Waals surface area contributed by atoms with Crippen LogP contribution in [0.15, 0.2) is 42.5 Å². The van der Waals surface area contributed by atoms with Crippen LogP contribution in [0.3, 0.4) is 0 Å². The summed E-state index contributed by atoms with van der Waals surface area (Å²) in [5, 5.41) is 8.86.